The molecule has 1 rings (SSSR count). The lowest BCUT2D eigenvalue weighted by Crippen LogP contribution is -2.23. The summed E-state index contributed by atoms with van der Waals surface area (Å²) >= 11 is 0. The minimum atomic E-state index is 0.276. The molecule has 0 spiro atoms. The van der Waals surface area contributed by atoms with Crippen molar-refractivity contribution in [2.75, 3.05) is 20.3 Å². The Hall–Kier alpha value is -1.06. The van der Waals surface area contributed by atoms with Gasteiger partial charge in [0.2, 0.25) is 0 Å². The van der Waals surface area contributed by atoms with Gasteiger partial charge < -0.3 is 15.2 Å². The van der Waals surface area contributed by atoms with E-state index >= 15 is 0 Å². The van der Waals surface area contributed by atoms with E-state index in [-0.39, 0.29) is 6.61 Å². The van der Waals surface area contributed by atoms with E-state index in [1.807, 2.05) is 19.2 Å². The molecule has 18 heavy (non-hydrogen) atoms. The zero-order valence-electron chi connectivity index (χ0n) is 11.5. The van der Waals surface area contributed by atoms with Crippen LogP contribution in [0, 0.1) is 0 Å². The minimum Gasteiger partial charge on any atom is -0.494 e. The van der Waals surface area contributed by atoms with Crippen LogP contribution in [0.1, 0.15) is 31.7 Å². The maximum absolute atomic E-state index is 8.66. The first kappa shape index (κ1) is 15.0. The van der Waals surface area contributed by atoms with Crippen LogP contribution in [0.4, 0.5) is 0 Å². The summed E-state index contributed by atoms with van der Waals surface area (Å²) in [6, 6.07) is 8.80. The van der Waals surface area contributed by atoms with Crippen LogP contribution in [-0.4, -0.2) is 31.4 Å². The van der Waals surface area contributed by atoms with Gasteiger partial charge in [-0.25, -0.2) is 0 Å². The molecular formula is C15H25NO2. The van der Waals surface area contributed by atoms with Crippen LogP contribution in [0.15, 0.2) is 24.3 Å². The number of unbranched alkanes of at least 4 members (excludes halogenated alkanes) is 2. The van der Waals surface area contributed by atoms with Crippen molar-refractivity contribution in [2.24, 2.45) is 0 Å². The fourth-order valence-corrected chi connectivity index (χ4v) is 1.76. The Labute approximate surface area is 110 Å². The lowest BCUT2D eigenvalue weighted by atomic mass is 10.1. The number of hydrogen-bond donors (Lipinski definition) is 2. The van der Waals surface area contributed by atoms with Crippen LogP contribution in [0.2, 0.25) is 0 Å². The van der Waals surface area contributed by atoms with E-state index in [1.165, 1.54) is 5.56 Å². The molecule has 1 aromatic rings. The molecule has 0 radical (unpaired) electrons. The Morgan fingerprint density at radius 3 is 2.50 bits per heavy atom. The fraction of sp³-hybridized carbons (Fsp3) is 0.600. The molecular weight excluding hydrogens is 226 g/mol. The van der Waals surface area contributed by atoms with Crippen molar-refractivity contribution >= 4 is 0 Å². The molecule has 0 fully saturated rings. The molecule has 0 bridgehead atoms. The monoisotopic (exact) mass is 251 g/mol. The third kappa shape index (κ3) is 6.03. The van der Waals surface area contributed by atoms with Gasteiger partial charge in [0, 0.05) is 12.6 Å². The molecule has 2 N–H and O–H groups in total. The second kappa shape index (κ2) is 8.95. The summed E-state index contributed by atoms with van der Waals surface area (Å²) in [5, 5.41) is 11.9. The first-order chi connectivity index (χ1) is 8.76. The zero-order chi connectivity index (χ0) is 13.2. The van der Waals surface area contributed by atoms with Crippen molar-refractivity contribution in [3.05, 3.63) is 29.8 Å². The highest BCUT2D eigenvalue weighted by Gasteiger charge is 2.01. The Morgan fingerprint density at radius 2 is 1.89 bits per heavy atom. The first-order valence-electron chi connectivity index (χ1n) is 6.76. The van der Waals surface area contributed by atoms with E-state index in [9.17, 15) is 0 Å². The predicted molar refractivity (Wildman–Crippen MR) is 75.1 cm³/mol. The molecule has 3 heteroatoms. The second-order valence-corrected chi connectivity index (χ2v) is 4.67. The molecule has 102 valence electrons. The number of rotatable bonds is 9. The van der Waals surface area contributed by atoms with E-state index in [1.54, 1.807) is 0 Å². The molecule has 0 aliphatic rings. The van der Waals surface area contributed by atoms with E-state index in [0.717, 1.165) is 38.0 Å². The molecule has 0 aliphatic carbocycles. The van der Waals surface area contributed by atoms with Crippen molar-refractivity contribution in [1.29, 1.82) is 0 Å². The van der Waals surface area contributed by atoms with Crippen LogP contribution in [0.3, 0.4) is 0 Å². The molecule has 0 aromatic heterocycles. The largest absolute Gasteiger partial charge is 0.494 e. The van der Waals surface area contributed by atoms with E-state index < -0.39 is 0 Å². The molecule has 0 amide bonds. The number of hydrogen-bond acceptors (Lipinski definition) is 3. The number of nitrogens with one attached hydrogen (secondary N) is 1. The zero-order valence-corrected chi connectivity index (χ0v) is 11.5. The number of ether oxygens (including phenoxy) is 1. The molecule has 1 atom stereocenters. The standard InChI is InChI=1S/C15H25NO2/c1-13(16-2)12-14-6-8-15(9-7-14)18-11-5-3-4-10-17/h6-9,13,16-17H,3-5,10-12H2,1-2H3. The van der Waals surface area contributed by atoms with Gasteiger partial charge in [0.1, 0.15) is 5.75 Å². The summed E-state index contributed by atoms with van der Waals surface area (Å²) in [6.45, 7) is 3.18. The van der Waals surface area contributed by atoms with Crippen LogP contribution in [0.5, 0.6) is 5.75 Å². The summed E-state index contributed by atoms with van der Waals surface area (Å²) in [4.78, 5) is 0. The number of aliphatic hydroxyl groups is 1. The number of aliphatic hydroxyl groups excluding tert-OH is 1. The average molecular weight is 251 g/mol. The third-order valence-corrected chi connectivity index (χ3v) is 3.03. The van der Waals surface area contributed by atoms with Crippen LogP contribution >= 0.6 is 0 Å². The number of likely N-dealkylation sites (N-methyl/N-ethyl adjacent to an activating group) is 1. The summed E-state index contributed by atoms with van der Waals surface area (Å²) in [5.41, 5.74) is 1.32. The predicted octanol–water partition coefficient (Wildman–Crippen LogP) is 2.38. The summed E-state index contributed by atoms with van der Waals surface area (Å²) in [6.07, 6.45) is 3.92. The summed E-state index contributed by atoms with van der Waals surface area (Å²) in [5.74, 6) is 0.930. The quantitative estimate of drug-likeness (QED) is 0.662. The molecule has 0 aliphatic heterocycles. The van der Waals surface area contributed by atoms with E-state index in [4.69, 9.17) is 9.84 Å². The lowest BCUT2D eigenvalue weighted by molar-refractivity contribution is 0.266. The average Bonchev–Trinajstić information content (AvgIpc) is 2.40. The van der Waals surface area contributed by atoms with Gasteiger partial charge in [-0.2, -0.15) is 0 Å². The van der Waals surface area contributed by atoms with Gasteiger partial charge in [0.25, 0.3) is 0 Å². The Bertz CT molecular complexity index is 311. The highest BCUT2D eigenvalue weighted by atomic mass is 16.5. The number of benzene rings is 1. The van der Waals surface area contributed by atoms with Crippen LogP contribution in [0.25, 0.3) is 0 Å². The van der Waals surface area contributed by atoms with Crippen molar-refractivity contribution in [1.82, 2.24) is 5.32 Å². The van der Waals surface area contributed by atoms with Gasteiger partial charge in [-0.05, 0) is 57.4 Å². The van der Waals surface area contributed by atoms with E-state index in [0.29, 0.717) is 6.04 Å². The van der Waals surface area contributed by atoms with Gasteiger partial charge >= 0.3 is 0 Å². The topological polar surface area (TPSA) is 41.5 Å². The Balaban J connectivity index is 2.27. The lowest BCUT2D eigenvalue weighted by Gasteiger charge is -2.11. The SMILES string of the molecule is CNC(C)Cc1ccc(OCCCCCO)cc1. The highest BCUT2D eigenvalue weighted by Crippen LogP contribution is 2.14. The van der Waals surface area contributed by atoms with E-state index in [2.05, 4.69) is 24.4 Å². The fourth-order valence-electron chi connectivity index (χ4n) is 1.76. The normalized spacial score (nSPS) is 12.4. The minimum absolute atomic E-state index is 0.276. The van der Waals surface area contributed by atoms with Crippen molar-refractivity contribution in [2.45, 2.75) is 38.6 Å². The Morgan fingerprint density at radius 1 is 1.17 bits per heavy atom. The summed E-state index contributed by atoms with van der Waals surface area (Å²) in [7, 11) is 1.98. The molecule has 0 saturated heterocycles. The van der Waals surface area contributed by atoms with Gasteiger partial charge in [-0.1, -0.05) is 12.1 Å². The molecule has 0 saturated carbocycles. The molecule has 0 heterocycles. The molecule has 1 unspecified atom stereocenters. The van der Waals surface area contributed by atoms with Crippen LogP contribution in [-0.2, 0) is 6.42 Å². The van der Waals surface area contributed by atoms with Gasteiger partial charge in [-0.15, -0.1) is 0 Å². The highest BCUT2D eigenvalue weighted by molar-refractivity contribution is 5.27. The maximum Gasteiger partial charge on any atom is 0.119 e. The molecule has 3 nitrogen and oxygen atoms in total. The third-order valence-electron chi connectivity index (χ3n) is 3.03. The first-order valence-corrected chi connectivity index (χ1v) is 6.76. The Kier molecular flexibility index (Phi) is 7.46. The summed E-state index contributed by atoms with van der Waals surface area (Å²) < 4.78 is 5.64. The maximum atomic E-state index is 8.66. The van der Waals surface area contributed by atoms with Crippen LogP contribution < -0.4 is 10.1 Å². The van der Waals surface area contributed by atoms with Gasteiger partial charge in [0.05, 0.1) is 6.61 Å². The smallest absolute Gasteiger partial charge is 0.119 e. The van der Waals surface area contributed by atoms with Crippen molar-refractivity contribution in [3.63, 3.8) is 0 Å². The second-order valence-electron chi connectivity index (χ2n) is 4.67. The van der Waals surface area contributed by atoms with Crippen molar-refractivity contribution < 1.29 is 9.84 Å². The van der Waals surface area contributed by atoms with Crippen molar-refractivity contribution in [3.8, 4) is 5.75 Å². The van der Waals surface area contributed by atoms with Gasteiger partial charge in [0.15, 0.2) is 0 Å². The molecule has 1 aromatic carbocycles. The van der Waals surface area contributed by atoms with Gasteiger partial charge in [-0.3, -0.25) is 0 Å².